The molecule has 0 bridgehead atoms. The first-order valence-corrected chi connectivity index (χ1v) is 8.10. The zero-order chi connectivity index (χ0) is 14.8. The molecule has 0 radical (unpaired) electrons. The maximum absolute atomic E-state index is 11.2. The number of pyridine rings is 1. The molecular weight excluding hydrogens is 338 g/mol. The van der Waals surface area contributed by atoms with Gasteiger partial charge in [-0.05, 0) is 47.5 Å². The highest BCUT2D eigenvalue weighted by molar-refractivity contribution is 9.10. The van der Waals surface area contributed by atoms with Gasteiger partial charge in [-0.25, -0.2) is 0 Å². The third-order valence-corrected chi connectivity index (χ3v) is 4.98. The average Bonchev–Trinajstić information content (AvgIpc) is 3.01. The Balaban J connectivity index is 1.73. The number of hydrogen-bond donors (Lipinski definition) is 0. The fourth-order valence-corrected chi connectivity index (χ4v) is 3.91. The van der Waals surface area contributed by atoms with Crippen molar-refractivity contribution in [1.82, 2.24) is 4.98 Å². The third kappa shape index (κ3) is 3.03. The van der Waals surface area contributed by atoms with Crippen molar-refractivity contribution in [3.63, 3.8) is 0 Å². The van der Waals surface area contributed by atoms with Crippen LogP contribution in [0.3, 0.4) is 0 Å². The zero-order valence-electron chi connectivity index (χ0n) is 11.7. The SMILES string of the molecule is O=[N+]([O-])c1cncc(Br)c1N1CCC(C2CCCO2)CC1. The van der Waals surface area contributed by atoms with E-state index in [-0.39, 0.29) is 10.6 Å². The van der Waals surface area contributed by atoms with Crippen molar-refractivity contribution < 1.29 is 9.66 Å². The Morgan fingerprint density at radius 1 is 1.33 bits per heavy atom. The predicted molar refractivity (Wildman–Crippen MR) is 82.5 cm³/mol. The van der Waals surface area contributed by atoms with Gasteiger partial charge in [0, 0.05) is 25.9 Å². The lowest BCUT2D eigenvalue weighted by Crippen LogP contribution is -2.38. The number of halogens is 1. The molecule has 0 aromatic carbocycles. The van der Waals surface area contributed by atoms with E-state index in [1.165, 1.54) is 6.20 Å². The van der Waals surface area contributed by atoms with Gasteiger partial charge in [-0.3, -0.25) is 15.1 Å². The monoisotopic (exact) mass is 355 g/mol. The summed E-state index contributed by atoms with van der Waals surface area (Å²) >= 11 is 3.40. The fraction of sp³-hybridized carbons (Fsp3) is 0.643. The van der Waals surface area contributed by atoms with Crippen molar-refractivity contribution in [2.45, 2.75) is 31.8 Å². The summed E-state index contributed by atoms with van der Waals surface area (Å²) < 4.78 is 6.46. The number of aromatic nitrogens is 1. The minimum atomic E-state index is -0.362. The quantitative estimate of drug-likeness (QED) is 0.615. The second kappa shape index (κ2) is 6.27. The molecular formula is C14H18BrN3O3. The molecule has 7 heteroatoms. The van der Waals surface area contributed by atoms with Gasteiger partial charge in [-0.1, -0.05) is 0 Å². The van der Waals surface area contributed by atoms with Gasteiger partial charge in [0.1, 0.15) is 11.9 Å². The molecule has 0 saturated carbocycles. The molecule has 1 unspecified atom stereocenters. The Morgan fingerprint density at radius 2 is 2.10 bits per heavy atom. The Bertz CT molecular complexity index is 526. The normalized spacial score (nSPS) is 23.5. The van der Waals surface area contributed by atoms with Crippen LogP contribution in [-0.2, 0) is 4.74 Å². The molecule has 1 aromatic rings. The first-order valence-electron chi connectivity index (χ1n) is 7.31. The lowest BCUT2D eigenvalue weighted by atomic mass is 9.89. The van der Waals surface area contributed by atoms with Crippen LogP contribution in [0.15, 0.2) is 16.9 Å². The molecule has 2 saturated heterocycles. The van der Waals surface area contributed by atoms with E-state index < -0.39 is 0 Å². The van der Waals surface area contributed by atoms with E-state index in [0.29, 0.717) is 22.2 Å². The van der Waals surface area contributed by atoms with Gasteiger partial charge in [0.05, 0.1) is 15.5 Å². The smallest absolute Gasteiger partial charge is 0.311 e. The summed E-state index contributed by atoms with van der Waals surface area (Å²) in [6.07, 6.45) is 7.70. The molecule has 21 heavy (non-hydrogen) atoms. The molecule has 0 spiro atoms. The first kappa shape index (κ1) is 14.7. The highest BCUT2D eigenvalue weighted by atomic mass is 79.9. The molecule has 2 aliphatic rings. The Morgan fingerprint density at radius 3 is 2.71 bits per heavy atom. The Kier molecular flexibility index (Phi) is 4.40. The van der Waals surface area contributed by atoms with Crippen LogP contribution in [0, 0.1) is 16.0 Å². The summed E-state index contributed by atoms with van der Waals surface area (Å²) in [6.45, 7) is 2.54. The maximum atomic E-state index is 11.2. The van der Waals surface area contributed by atoms with Gasteiger partial charge in [0.25, 0.3) is 0 Å². The van der Waals surface area contributed by atoms with E-state index in [9.17, 15) is 10.1 Å². The molecule has 0 amide bonds. The molecule has 6 nitrogen and oxygen atoms in total. The molecule has 0 N–H and O–H groups in total. The topological polar surface area (TPSA) is 68.5 Å². The summed E-state index contributed by atoms with van der Waals surface area (Å²) in [5, 5.41) is 11.2. The number of rotatable bonds is 3. The largest absolute Gasteiger partial charge is 0.378 e. The van der Waals surface area contributed by atoms with Crippen LogP contribution >= 0.6 is 15.9 Å². The summed E-state index contributed by atoms with van der Waals surface area (Å²) in [5.41, 5.74) is 0.723. The highest BCUT2D eigenvalue weighted by Crippen LogP contribution is 2.38. The molecule has 3 heterocycles. The lowest BCUT2D eigenvalue weighted by Gasteiger charge is -2.35. The van der Waals surface area contributed by atoms with Crippen molar-refractivity contribution in [3.8, 4) is 0 Å². The predicted octanol–water partition coefficient (Wildman–Crippen LogP) is 3.15. The number of ether oxygens (including phenoxy) is 1. The van der Waals surface area contributed by atoms with Crippen LogP contribution in [0.4, 0.5) is 11.4 Å². The molecule has 2 fully saturated rings. The molecule has 1 aromatic heterocycles. The van der Waals surface area contributed by atoms with Crippen LogP contribution in [0.5, 0.6) is 0 Å². The summed E-state index contributed by atoms with van der Waals surface area (Å²) in [7, 11) is 0. The van der Waals surface area contributed by atoms with Gasteiger partial charge < -0.3 is 9.64 Å². The van der Waals surface area contributed by atoms with Gasteiger partial charge in [0.2, 0.25) is 0 Å². The van der Waals surface area contributed by atoms with E-state index in [2.05, 4.69) is 25.8 Å². The minimum absolute atomic E-state index is 0.0694. The molecule has 3 rings (SSSR count). The number of nitrogens with zero attached hydrogens (tertiary/aromatic N) is 3. The number of hydrogen-bond acceptors (Lipinski definition) is 5. The standard InChI is InChI=1S/C14H18BrN3O3/c15-11-8-16-9-12(18(19)20)14(11)17-5-3-10(4-6-17)13-2-1-7-21-13/h8-10,13H,1-7H2. The van der Waals surface area contributed by atoms with Crippen molar-refractivity contribution in [3.05, 3.63) is 27.0 Å². The van der Waals surface area contributed by atoms with Crippen LogP contribution in [0.25, 0.3) is 0 Å². The van der Waals surface area contributed by atoms with E-state index >= 15 is 0 Å². The summed E-state index contributed by atoms with van der Waals surface area (Å²) in [4.78, 5) is 16.8. The third-order valence-electron chi connectivity index (χ3n) is 4.40. The molecule has 2 aliphatic heterocycles. The van der Waals surface area contributed by atoms with E-state index in [1.807, 2.05) is 0 Å². The fourth-order valence-electron chi connectivity index (χ4n) is 3.33. The molecule has 1 atom stereocenters. The van der Waals surface area contributed by atoms with Crippen LogP contribution in [-0.4, -0.2) is 35.7 Å². The van der Waals surface area contributed by atoms with Gasteiger partial charge in [0.15, 0.2) is 0 Å². The van der Waals surface area contributed by atoms with E-state index in [0.717, 1.165) is 45.4 Å². The van der Waals surface area contributed by atoms with Gasteiger partial charge >= 0.3 is 5.69 Å². The second-order valence-electron chi connectivity index (χ2n) is 5.62. The van der Waals surface area contributed by atoms with Crippen molar-refractivity contribution in [2.75, 3.05) is 24.6 Å². The van der Waals surface area contributed by atoms with Crippen molar-refractivity contribution >= 4 is 27.3 Å². The summed E-state index contributed by atoms with van der Waals surface area (Å²) in [6, 6.07) is 0. The lowest BCUT2D eigenvalue weighted by molar-refractivity contribution is -0.384. The summed E-state index contributed by atoms with van der Waals surface area (Å²) in [5.74, 6) is 0.586. The Labute approximate surface area is 131 Å². The van der Waals surface area contributed by atoms with Crippen molar-refractivity contribution in [2.24, 2.45) is 5.92 Å². The van der Waals surface area contributed by atoms with E-state index in [1.54, 1.807) is 6.20 Å². The Hall–Kier alpha value is -1.21. The van der Waals surface area contributed by atoms with Gasteiger partial charge in [-0.15, -0.1) is 0 Å². The number of piperidine rings is 1. The highest BCUT2D eigenvalue weighted by Gasteiger charge is 2.32. The average molecular weight is 356 g/mol. The van der Waals surface area contributed by atoms with E-state index in [4.69, 9.17) is 4.74 Å². The van der Waals surface area contributed by atoms with Crippen LogP contribution in [0.2, 0.25) is 0 Å². The molecule has 114 valence electrons. The first-order chi connectivity index (χ1) is 10.2. The maximum Gasteiger partial charge on any atom is 0.311 e. The number of anilines is 1. The minimum Gasteiger partial charge on any atom is -0.378 e. The van der Waals surface area contributed by atoms with Crippen LogP contribution in [0.1, 0.15) is 25.7 Å². The van der Waals surface area contributed by atoms with Crippen molar-refractivity contribution in [1.29, 1.82) is 0 Å². The number of nitro groups is 1. The van der Waals surface area contributed by atoms with Crippen LogP contribution < -0.4 is 4.90 Å². The second-order valence-corrected chi connectivity index (χ2v) is 6.48. The molecule has 0 aliphatic carbocycles. The zero-order valence-corrected chi connectivity index (χ0v) is 13.3. The van der Waals surface area contributed by atoms with Gasteiger partial charge in [-0.2, -0.15) is 0 Å².